The summed E-state index contributed by atoms with van der Waals surface area (Å²) in [5.74, 6) is 0.715. The van der Waals surface area contributed by atoms with Gasteiger partial charge >= 0.3 is 0 Å². The van der Waals surface area contributed by atoms with Crippen molar-refractivity contribution in [2.24, 2.45) is 5.92 Å². The number of nitrogens with one attached hydrogen (secondary N) is 1. The molecule has 88 valence electrons. The van der Waals surface area contributed by atoms with E-state index in [0.29, 0.717) is 5.92 Å². The molecule has 0 aliphatic carbocycles. The SMILES string of the molecule is Cc1ccc2c(c1)CNCCN2CC(C)C. The van der Waals surface area contributed by atoms with Gasteiger partial charge in [0.1, 0.15) is 0 Å². The van der Waals surface area contributed by atoms with Crippen LogP contribution in [0.1, 0.15) is 25.0 Å². The Balaban J connectivity index is 2.29. The quantitative estimate of drug-likeness (QED) is 0.820. The van der Waals surface area contributed by atoms with Crippen molar-refractivity contribution in [2.45, 2.75) is 27.3 Å². The number of benzene rings is 1. The lowest BCUT2D eigenvalue weighted by atomic mass is 10.1. The fraction of sp³-hybridized carbons (Fsp3) is 0.571. The molecule has 16 heavy (non-hydrogen) atoms. The molecule has 0 saturated heterocycles. The van der Waals surface area contributed by atoms with Crippen molar-refractivity contribution in [3.8, 4) is 0 Å². The van der Waals surface area contributed by atoms with Crippen molar-refractivity contribution in [3.63, 3.8) is 0 Å². The number of hydrogen-bond donors (Lipinski definition) is 1. The summed E-state index contributed by atoms with van der Waals surface area (Å²) >= 11 is 0. The molecule has 2 heteroatoms. The van der Waals surface area contributed by atoms with Gasteiger partial charge in [0.15, 0.2) is 0 Å². The molecule has 2 nitrogen and oxygen atoms in total. The lowest BCUT2D eigenvalue weighted by Gasteiger charge is -2.26. The average molecular weight is 218 g/mol. The van der Waals surface area contributed by atoms with Gasteiger partial charge < -0.3 is 10.2 Å². The van der Waals surface area contributed by atoms with Gasteiger partial charge in [0.05, 0.1) is 0 Å². The Morgan fingerprint density at radius 1 is 1.38 bits per heavy atom. The van der Waals surface area contributed by atoms with E-state index in [9.17, 15) is 0 Å². The van der Waals surface area contributed by atoms with E-state index < -0.39 is 0 Å². The molecule has 1 aromatic rings. The molecule has 0 radical (unpaired) electrons. The van der Waals surface area contributed by atoms with E-state index in [4.69, 9.17) is 0 Å². The molecule has 0 atom stereocenters. The van der Waals surface area contributed by atoms with Gasteiger partial charge in [-0.1, -0.05) is 31.5 Å². The number of aryl methyl sites for hydroxylation is 1. The zero-order valence-electron chi connectivity index (χ0n) is 10.6. The maximum absolute atomic E-state index is 3.49. The summed E-state index contributed by atoms with van der Waals surface area (Å²) in [6.45, 7) is 11.1. The molecular weight excluding hydrogens is 196 g/mol. The highest BCUT2D eigenvalue weighted by Gasteiger charge is 2.15. The van der Waals surface area contributed by atoms with Crippen molar-refractivity contribution in [1.82, 2.24) is 5.32 Å². The monoisotopic (exact) mass is 218 g/mol. The maximum atomic E-state index is 3.49. The van der Waals surface area contributed by atoms with Crippen molar-refractivity contribution >= 4 is 5.69 Å². The number of rotatable bonds is 2. The third-order valence-electron chi connectivity index (χ3n) is 3.04. The molecule has 1 aliphatic rings. The summed E-state index contributed by atoms with van der Waals surface area (Å²) in [4.78, 5) is 2.51. The molecule has 2 rings (SSSR count). The van der Waals surface area contributed by atoms with Crippen LogP contribution >= 0.6 is 0 Å². The Bertz CT molecular complexity index is 358. The molecule has 0 bridgehead atoms. The highest BCUT2D eigenvalue weighted by Crippen LogP contribution is 2.24. The molecule has 0 unspecified atom stereocenters. The fourth-order valence-electron chi connectivity index (χ4n) is 2.35. The van der Waals surface area contributed by atoms with Crippen LogP contribution in [-0.2, 0) is 6.54 Å². The third kappa shape index (κ3) is 2.56. The minimum absolute atomic E-state index is 0.715. The van der Waals surface area contributed by atoms with E-state index in [1.807, 2.05) is 0 Å². The molecule has 1 aliphatic heterocycles. The summed E-state index contributed by atoms with van der Waals surface area (Å²) in [5, 5.41) is 3.49. The molecule has 0 saturated carbocycles. The lowest BCUT2D eigenvalue weighted by molar-refractivity contribution is 0.601. The van der Waals surface area contributed by atoms with Gasteiger partial charge in [-0.05, 0) is 24.5 Å². The molecule has 1 aromatic carbocycles. The van der Waals surface area contributed by atoms with E-state index in [-0.39, 0.29) is 0 Å². The first-order valence-electron chi connectivity index (χ1n) is 6.22. The summed E-state index contributed by atoms with van der Waals surface area (Å²) in [6, 6.07) is 6.80. The Kier molecular flexibility index (Phi) is 3.49. The van der Waals surface area contributed by atoms with Crippen LogP contribution in [0, 0.1) is 12.8 Å². The minimum atomic E-state index is 0.715. The molecule has 0 aromatic heterocycles. The number of anilines is 1. The van der Waals surface area contributed by atoms with Gasteiger partial charge in [-0.15, -0.1) is 0 Å². The number of hydrogen-bond acceptors (Lipinski definition) is 2. The second-order valence-electron chi connectivity index (χ2n) is 5.15. The Hall–Kier alpha value is -1.02. The molecule has 1 N–H and O–H groups in total. The van der Waals surface area contributed by atoms with Gasteiger partial charge in [0, 0.05) is 31.9 Å². The largest absolute Gasteiger partial charge is 0.370 e. The predicted molar refractivity (Wildman–Crippen MR) is 69.9 cm³/mol. The van der Waals surface area contributed by atoms with Crippen molar-refractivity contribution in [3.05, 3.63) is 29.3 Å². The normalized spacial score (nSPS) is 16.1. The lowest BCUT2D eigenvalue weighted by Crippen LogP contribution is -2.31. The van der Waals surface area contributed by atoms with Crippen molar-refractivity contribution in [2.75, 3.05) is 24.5 Å². The van der Waals surface area contributed by atoms with Gasteiger partial charge in [-0.25, -0.2) is 0 Å². The van der Waals surface area contributed by atoms with E-state index >= 15 is 0 Å². The predicted octanol–water partition coefficient (Wildman–Crippen LogP) is 2.56. The smallest absolute Gasteiger partial charge is 0.0412 e. The van der Waals surface area contributed by atoms with Gasteiger partial charge in [-0.3, -0.25) is 0 Å². The number of nitrogens with zero attached hydrogens (tertiary/aromatic N) is 1. The van der Waals surface area contributed by atoms with Crippen molar-refractivity contribution in [1.29, 1.82) is 0 Å². The molecule has 1 heterocycles. The first kappa shape index (κ1) is 11.5. The highest BCUT2D eigenvalue weighted by molar-refractivity contribution is 5.55. The van der Waals surface area contributed by atoms with E-state index in [1.54, 1.807) is 0 Å². The Labute approximate surface area is 98.7 Å². The summed E-state index contributed by atoms with van der Waals surface area (Å²) < 4.78 is 0. The van der Waals surface area contributed by atoms with Crippen molar-refractivity contribution < 1.29 is 0 Å². The van der Waals surface area contributed by atoms with Gasteiger partial charge in [-0.2, -0.15) is 0 Å². The standard InChI is InChI=1S/C14H22N2/c1-11(2)10-16-7-6-15-9-13-8-12(3)4-5-14(13)16/h4-5,8,11,15H,6-7,9-10H2,1-3H3. The summed E-state index contributed by atoms with van der Waals surface area (Å²) in [5.41, 5.74) is 4.22. The Morgan fingerprint density at radius 2 is 2.19 bits per heavy atom. The topological polar surface area (TPSA) is 15.3 Å². The molecule has 0 amide bonds. The van der Waals surface area contributed by atoms with Crippen LogP contribution in [0.4, 0.5) is 5.69 Å². The van der Waals surface area contributed by atoms with Crippen LogP contribution in [0.5, 0.6) is 0 Å². The summed E-state index contributed by atoms with van der Waals surface area (Å²) in [6.07, 6.45) is 0. The molecular formula is C14H22N2. The van der Waals surface area contributed by atoms with Crippen LogP contribution < -0.4 is 10.2 Å². The van der Waals surface area contributed by atoms with E-state index in [1.165, 1.54) is 16.8 Å². The van der Waals surface area contributed by atoms with Gasteiger partial charge in [0.2, 0.25) is 0 Å². The van der Waals surface area contributed by atoms with Crippen LogP contribution in [0.15, 0.2) is 18.2 Å². The highest BCUT2D eigenvalue weighted by atomic mass is 15.2. The third-order valence-corrected chi connectivity index (χ3v) is 3.04. The average Bonchev–Trinajstić information content (AvgIpc) is 2.40. The first-order chi connectivity index (χ1) is 7.66. The minimum Gasteiger partial charge on any atom is -0.370 e. The zero-order valence-corrected chi connectivity index (χ0v) is 10.6. The zero-order chi connectivity index (χ0) is 11.5. The van der Waals surface area contributed by atoms with E-state index in [0.717, 1.165) is 26.2 Å². The van der Waals surface area contributed by atoms with Crippen LogP contribution in [0.2, 0.25) is 0 Å². The van der Waals surface area contributed by atoms with E-state index in [2.05, 4.69) is 49.2 Å². The number of fused-ring (bicyclic) bond motifs is 1. The molecule has 0 spiro atoms. The molecule has 0 fully saturated rings. The van der Waals surface area contributed by atoms with Crippen LogP contribution in [0.25, 0.3) is 0 Å². The van der Waals surface area contributed by atoms with Crippen LogP contribution in [0.3, 0.4) is 0 Å². The second-order valence-corrected chi connectivity index (χ2v) is 5.15. The summed E-state index contributed by atoms with van der Waals surface area (Å²) in [7, 11) is 0. The maximum Gasteiger partial charge on any atom is 0.0412 e. The Morgan fingerprint density at radius 3 is 2.94 bits per heavy atom. The second kappa shape index (κ2) is 4.88. The fourth-order valence-corrected chi connectivity index (χ4v) is 2.35. The van der Waals surface area contributed by atoms with Gasteiger partial charge in [0.25, 0.3) is 0 Å². The first-order valence-corrected chi connectivity index (χ1v) is 6.22. The van der Waals surface area contributed by atoms with Crippen LogP contribution in [-0.4, -0.2) is 19.6 Å².